The van der Waals surface area contributed by atoms with E-state index in [1.807, 2.05) is 40.5 Å². The molecule has 0 aliphatic heterocycles. The molecule has 3 aromatic rings. The van der Waals surface area contributed by atoms with E-state index in [9.17, 15) is 9.18 Å². The Kier molecular flexibility index (Phi) is 3.83. The van der Waals surface area contributed by atoms with Gasteiger partial charge in [0.1, 0.15) is 10.7 Å². The van der Waals surface area contributed by atoms with Crippen molar-refractivity contribution < 1.29 is 9.18 Å². The molecule has 0 unspecified atom stereocenters. The highest BCUT2D eigenvalue weighted by atomic mass is 32.1. The quantitative estimate of drug-likeness (QED) is 0.784. The third-order valence-corrected chi connectivity index (χ3v) is 4.00. The lowest BCUT2D eigenvalue weighted by atomic mass is 10.2. The van der Waals surface area contributed by atoms with Gasteiger partial charge in [-0.2, -0.15) is 0 Å². The van der Waals surface area contributed by atoms with Crippen LogP contribution in [-0.2, 0) is 6.54 Å². The summed E-state index contributed by atoms with van der Waals surface area (Å²) in [5, 5.41) is 4.75. The number of carbonyl (C=O) groups is 1. The summed E-state index contributed by atoms with van der Waals surface area (Å²) in [5.41, 5.74) is 1.73. The van der Waals surface area contributed by atoms with E-state index in [-0.39, 0.29) is 11.7 Å². The second-order valence-corrected chi connectivity index (χ2v) is 5.45. The smallest absolute Gasteiger partial charge is 0.263 e. The summed E-state index contributed by atoms with van der Waals surface area (Å²) in [6, 6.07) is 11.8. The zero-order valence-electron chi connectivity index (χ0n) is 11.1. The first kappa shape index (κ1) is 13.6. The van der Waals surface area contributed by atoms with Gasteiger partial charge in [0.25, 0.3) is 5.91 Å². The Labute approximate surface area is 125 Å². The number of benzene rings is 1. The molecule has 0 spiro atoms. The van der Waals surface area contributed by atoms with Crippen molar-refractivity contribution in [3.63, 3.8) is 0 Å². The summed E-state index contributed by atoms with van der Waals surface area (Å²) in [6.45, 7) is 0.377. The van der Waals surface area contributed by atoms with Gasteiger partial charge in [0.15, 0.2) is 0 Å². The van der Waals surface area contributed by atoms with E-state index in [4.69, 9.17) is 0 Å². The number of aromatic nitrogens is 1. The first-order valence-corrected chi connectivity index (χ1v) is 7.35. The number of nitrogens with one attached hydrogen (secondary N) is 1. The zero-order chi connectivity index (χ0) is 14.7. The molecule has 1 N–H and O–H groups in total. The van der Waals surface area contributed by atoms with Crippen molar-refractivity contribution in [2.24, 2.45) is 0 Å². The van der Waals surface area contributed by atoms with Gasteiger partial charge in [-0.1, -0.05) is 12.1 Å². The summed E-state index contributed by atoms with van der Waals surface area (Å²) in [4.78, 5) is 12.9. The number of carbonyl (C=O) groups excluding carboxylic acids is 1. The molecule has 106 valence electrons. The number of halogens is 1. The molecule has 1 aromatic carbocycles. The third kappa shape index (κ3) is 3.03. The number of hydrogen-bond acceptors (Lipinski definition) is 2. The predicted octanol–water partition coefficient (Wildman–Crippen LogP) is 3.61. The highest BCUT2D eigenvalue weighted by Gasteiger charge is 2.13. The summed E-state index contributed by atoms with van der Waals surface area (Å²) in [6.07, 6.45) is 3.80. The van der Waals surface area contributed by atoms with Crippen LogP contribution in [0.5, 0.6) is 0 Å². The van der Waals surface area contributed by atoms with E-state index in [1.54, 1.807) is 12.1 Å². The van der Waals surface area contributed by atoms with Crippen molar-refractivity contribution in [3.05, 3.63) is 76.5 Å². The molecular weight excluding hydrogens is 287 g/mol. The molecular formula is C16H13FN2OS. The lowest BCUT2D eigenvalue weighted by Gasteiger charge is -2.07. The van der Waals surface area contributed by atoms with Gasteiger partial charge in [-0.15, -0.1) is 11.3 Å². The maximum atomic E-state index is 12.8. The standard InChI is InChI=1S/C16H13FN2OS/c17-13-5-3-12(4-6-13)11-18-16(20)15-14(7-10-21-15)19-8-1-2-9-19/h1-10H,11H2,(H,18,20). The molecule has 0 aliphatic rings. The van der Waals surface area contributed by atoms with Gasteiger partial charge < -0.3 is 9.88 Å². The molecule has 1 amide bonds. The normalized spacial score (nSPS) is 10.5. The minimum atomic E-state index is -0.279. The Morgan fingerprint density at radius 2 is 1.86 bits per heavy atom. The number of amides is 1. The molecule has 0 atom stereocenters. The van der Waals surface area contributed by atoms with Crippen LogP contribution in [0.4, 0.5) is 4.39 Å². The first-order chi connectivity index (χ1) is 10.2. The molecule has 2 aromatic heterocycles. The maximum absolute atomic E-state index is 12.8. The highest BCUT2D eigenvalue weighted by Crippen LogP contribution is 2.21. The van der Waals surface area contributed by atoms with Gasteiger partial charge in [0, 0.05) is 18.9 Å². The topological polar surface area (TPSA) is 34.0 Å². The van der Waals surface area contributed by atoms with Gasteiger partial charge in [-0.05, 0) is 41.3 Å². The SMILES string of the molecule is O=C(NCc1ccc(F)cc1)c1sccc1-n1cccc1. The lowest BCUT2D eigenvalue weighted by molar-refractivity contribution is 0.0955. The molecule has 0 fully saturated rings. The van der Waals surface area contributed by atoms with E-state index < -0.39 is 0 Å². The van der Waals surface area contributed by atoms with Crippen LogP contribution in [0.2, 0.25) is 0 Å². The van der Waals surface area contributed by atoms with Gasteiger partial charge >= 0.3 is 0 Å². The molecule has 0 saturated heterocycles. The maximum Gasteiger partial charge on any atom is 0.263 e. The molecule has 5 heteroatoms. The second-order valence-electron chi connectivity index (χ2n) is 4.53. The van der Waals surface area contributed by atoms with E-state index in [2.05, 4.69) is 5.32 Å². The fourth-order valence-electron chi connectivity index (χ4n) is 2.04. The van der Waals surface area contributed by atoms with Crippen molar-refractivity contribution >= 4 is 17.2 Å². The summed E-state index contributed by atoms with van der Waals surface area (Å²) in [7, 11) is 0. The van der Waals surface area contributed by atoms with Crippen molar-refractivity contribution in [1.29, 1.82) is 0 Å². The summed E-state index contributed by atoms with van der Waals surface area (Å²) < 4.78 is 14.7. The molecule has 0 bridgehead atoms. The largest absolute Gasteiger partial charge is 0.347 e. The van der Waals surface area contributed by atoms with Gasteiger partial charge in [-0.3, -0.25) is 4.79 Å². The van der Waals surface area contributed by atoms with E-state index in [0.717, 1.165) is 11.3 Å². The monoisotopic (exact) mass is 300 g/mol. The Balaban J connectivity index is 1.72. The average Bonchev–Trinajstić information content (AvgIpc) is 3.16. The van der Waals surface area contributed by atoms with Crippen LogP contribution < -0.4 is 5.32 Å². The Morgan fingerprint density at radius 1 is 1.14 bits per heavy atom. The number of thiophene rings is 1. The fourth-order valence-corrected chi connectivity index (χ4v) is 2.84. The molecule has 0 saturated carbocycles. The number of rotatable bonds is 4. The van der Waals surface area contributed by atoms with E-state index in [1.165, 1.54) is 23.5 Å². The lowest BCUT2D eigenvalue weighted by Crippen LogP contribution is -2.22. The Hall–Kier alpha value is -2.40. The van der Waals surface area contributed by atoms with Gasteiger partial charge in [0.05, 0.1) is 5.69 Å². The third-order valence-electron chi connectivity index (χ3n) is 3.10. The van der Waals surface area contributed by atoms with E-state index in [0.29, 0.717) is 11.4 Å². The van der Waals surface area contributed by atoms with Crippen LogP contribution in [-0.4, -0.2) is 10.5 Å². The van der Waals surface area contributed by atoms with E-state index >= 15 is 0 Å². The van der Waals surface area contributed by atoms with Crippen molar-refractivity contribution in [2.45, 2.75) is 6.54 Å². The molecule has 21 heavy (non-hydrogen) atoms. The Bertz CT molecular complexity index is 732. The van der Waals surface area contributed by atoms with Crippen LogP contribution >= 0.6 is 11.3 Å². The fraction of sp³-hybridized carbons (Fsp3) is 0.0625. The average molecular weight is 300 g/mol. The van der Waals surface area contributed by atoms with Crippen molar-refractivity contribution in [2.75, 3.05) is 0 Å². The molecule has 3 rings (SSSR count). The molecule has 3 nitrogen and oxygen atoms in total. The minimum Gasteiger partial charge on any atom is -0.347 e. The molecule has 2 heterocycles. The van der Waals surface area contributed by atoms with Crippen molar-refractivity contribution in [3.8, 4) is 5.69 Å². The number of hydrogen-bond donors (Lipinski definition) is 1. The predicted molar refractivity (Wildman–Crippen MR) is 81.2 cm³/mol. The first-order valence-electron chi connectivity index (χ1n) is 6.47. The minimum absolute atomic E-state index is 0.127. The molecule has 0 radical (unpaired) electrons. The summed E-state index contributed by atoms with van der Waals surface area (Å²) in [5.74, 6) is -0.406. The van der Waals surface area contributed by atoms with Crippen LogP contribution in [0.1, 0.15) is 15.2 Å². The number of nitrogens with zero attached hydrogens (tertiary/aromatic N) is 1. The van der Waals surface area contributed by atoms with Gasteiger partial charge in [0.2, 0.25) is 0 Å². The highest BCUT2D eigenvalue weighted by molar-refractivity contribution is 7.12. The van der Waals surface area contributed by atoms with Crippen molar-refractivity contribution in [1.82, 2.24) is 9.88 Å². The second kappa shape index (κ2) is 5.93. The van der Waals surface area contributed by atoms with Gasteiger partial charge in [-0.25, -0.2) is 4.39 Å². The Morgan fingerprint density at radius 3 is 2.57 bits per heavy atom. The zero-order valence-corrected chi connectivity index (χ0v) is 11.9. The van der Waals surface area contributed by atoms with Crippen LogP contribution in [0.15, 0.2) is 60.2 Å². The molecule has 0 aliphatic carbocycles. The van der Waals surface area contributed by atoms with Crippen LogP contribution in [0.3, 0.4) is 0 Å². The van der Waals surface area contributed by atoms with Crippen LogP contribution in [0, 0.1) is 5.82 Å². The summed E-state index contributed by atoms with van der Waals surface area (Å²) >= 11 is 1.40. The van der Waals surface area contributed by atoms with Crippen LogP contribution in [0.25, 0.3) is 5.69 Å².